The minimum Gasteiger partial charge on any atom is -0.461 e. The average Bonchev–Trinajstić information content (AvgIpc) is 2.91. The number of halogens is 1. The number of carbonyl (C=O) groups is 1. The summed E-state index contributed by atoms with van der Waals surface area (Å²) in [7, 11) is 1.91. The first-order valence-corrected chi connectivity index (χ1v) is 6.48. The number of likely N-dealkylation sites (N-methyl/N-ethyl adjacent to an activating group) is 1. The van der Waals surface area contributed by atoms with Gasteiger partial charge >= 0.3 is 0 Å². The van der Waals surface area contributed by atoms with E-state index in [4.69, 9.17) is 16.0 Å². The van der Waals surface area contributed by atoms with Crippen molar-refractivity contribution in [2.24, 2.45) is 0 Å². The van der Waals surface area contributed by atoms with Crippen LogP contribution in [0.5, 0.6) is 0 Å². The number of Topliss-reactive ketones (excluding diaryl/α,β-unsaturated/α-hetero) is 1. The highest BCUT2D eigenvalue weighted by molar-refractivity contribution is 6.30. The molecule has 2 aromatic rings. The topological polar surface area (TPSA) is 33.5 Å². The van der Waals surface area contributed by atoms with Gasteiger partial charge in [0.2, 0.25) is 5.78 Å². The Kier molecular flexibility index (Phi) is 4.40. The molecule has 100 valence electrons. The minimum absolute atomic E-state index is 0.0265. The molecule has 2 rings (SSSR count). The molecule has 0 aliphatic carbocycles. The molecular weight excluding hydrogens is 262 g/mol. The molecule has 1 atom stereocenters. The van der Waals surface area contributed by atoms with E-state index in [0.717, 1.165) is 5.56 Å². The number of benzene rings is 1. The molecule has 0 fully saturated rings. The van der Waals surface area contributed by atoms with Crippen molar-refractivity contribution >= 4 is 17.4 Å². The monoisotopic (exact) mass is 277 g/mol. The van der Waals surface area contributed by atoms with Crippen LogP contribution >= 0.6 is 11.6 Å². The molecule has 3 nitrogen and oxygen atoms in total. The van der Waals surface area contributed by atoms with Gasteiger partial charge in [-0.15, -0.1) is 0 Å². The number of hydrogen-bond acceptors (Lipinski definition) is 3. The summed E-state index contributed by atoms with van der Waals surface area (Å²) in [6, 6.07) is 11.2. The predicted octanol–water partition coefficient (Wildman–Crippen LogP) is 3.81. The summed E-state index contributed by atoms with van der Waals surface area (Å²) in [5.41, 5.74) is 1.09. The van der Waals surface area contributed by atoms with Gasteiger partial charge in [-0.05, 0) is 43.8 Å². The Balaban J connectivity index is 2.03. The Bertz CT molecular complexity index is 551. The lowest BCUT2D eigenvalue weighted by atomic mass is 10.1. The maximum absolute atomic E-state index is 12.0. The van der Waals surface area contributed by atoms with Gasteiger partial charge in [0.25, 0.3) is 0 Å². The molecule has 0 spiro atoms. The van der Waals surface area contributed by atoms with Gasteiger partial charge in [-0.2, -0.15) is 0 Å². The van der Waals surface area contributed by atoms with E-state index in [2.05, 4.69) is 0 Å². The Hall–Kier alpha value is -1.58. The zero-order valence-corrected chi connectivity index (χ0v) is 11.7. The third-order valence-electron chi connectivity index (χ3n) is 3.18. The summed E-state index contributed by atoms with van der Waals surface area (Å²) < 4.78 is 5.10. The van der Waals surface area contributed by atoms with Gasteiger partial charge in [-0.1, -0.05) is 23.7 Å². The molecule has 0 aliphatic rings. The lowest BCUT2D eigenvalue weighted by Gasteiger charge is -2.24. The van der Waals surface area contributed by atoms with Gasteiger partial charge in [0.1, 0.15) is 0 Å². The van der Waals surface area contributed by atoms with Gasteiger partial charge in [0.05, 0.1) is 12.8 Å². The quantitative estimate of drug-likeness (QED) is 0.779. The molecule has 1 heterocycles. The Morgan fingerprint density at radius 2 is 2.16 bits per heavy atom. The van der Waals surface area contributed by atoms with E-state index in [1.54, 1.807) is 12.1 Å². The van der Waals surface area contributed by atoms with Gasteiger partial charge in [-0.3, -0.25) is 9.69 Å². The van der Waals surface area contributed by atoms with Crippen LogP contribution in [0.4, 0.5) is 0 Å². The van der Waals surface area contributed by atoms with Crippen LogP contribution in [0, 0.1) is 0 Å². The van der Waals surface area contributed by atoms with Crippen molar-refractivity contribution in [1.29, 1.82) is 0 Å². The second-order valence-electron chi connectivity index (χ2n) is 4.55. The zero-order valence-electron chi connectivity index (χ0n) is 11.0. The molecule has 0 bridgehead atoms. The number of hydrogen-bond donors (Lipinski definition) is 0. The summed E-state index contributed by atoms with van der Waals surface area (Å²) in [6.07, 6.45) is 1.51. The van der Waals surface area contributed by atoms with Crippen molar-refractivity contribution < 1.29 is 9.21 Å². The van der Waals surface area contributed by atoms with Crippen molar-refractivity contribution in [3.8, 4) is 0 Å². The predicted molar refractivity (Wildman–Crippen MR) is 75.5 cm³/mol. The Morgan fingerprint density at radius 3 is 2.79 bits per heavy atom. The molecule has 1 aromatic carbocycles. The van der Waals surface area contributed by atoms with Crippen LogP contribution in [-0.4, -0.2) is 24.3 Å². The zero-order chi connectivity index (χ0) is 13.8. The first kappa shape index (κ1) is 13.8. The van der Waals surface area contributed by atoms with Gasteiger partial charge in [0, 0.05) is 11.1 Å². The van der Waals surface area contributed by atoms with E-state index >= 15 is 0 Å². The van der Waals surface area contributed by atoms with Crippen LogP contribution < -0.4 is 0 Å². The van der Waals surface area contributed by atoms with Crippen LogP contribution in [-0.2, 0) is 0 Å². The smallest absolute Gasteiger partial charge is 0.211 e. The standard InChI is InChI=1S/C15H16ClNO2/c1-11(12-5-3-6-13(16)9-12)17(2)10-14(18)15-7-4-8-19-15/h3-9,11H,10H2,1-2H3. The highest BCUT2D eigenvalue weighted by atomic mass is 35.5. The fourth-order valence-electron chi connectivity index (χ4n) is 1.90. The molecule has 19 heavy (non-hydrogen) atoms. The number of ketones is 1. The van der Waals surface area contributed by atoms with Crippen molar-refractivity contribution in [2.45, 2.75) is 13.0 Å². The lowest BCUT2D eigenvalue weighted by Crippen LogP contribution is -2.28. The number of rotatable bonds is 5. The first-order chi connectivity index (χ1) is 9.08. The van der Waals surface area contributed by atoms with E-state index in [1.807, 2.05) is 43.1 Å². The second kappa shape index (κ2) is 6.04. The maximum Gasteiger partial charge on any atom is 0.211 e. The number of carbonyl (C=O) groups excluding carboxylic acids is 1. The highest BCUT2D eigenvalue weighted by Gasteiger charge is 2.17. The van der Waals surface area contributed by atoms with Crippen LogP contribution in [0.25, 0.3) is 0 Å². The van der Waals surface area contributed by atoms with Crippen molar-refractivity contribution in [2.75, 3.05) is 13.6 Å². The fourth-order valence-corrected chi connectivity index (χ4v) is 2.10. The molecule has 0 saturated carbocycles. The van der Waals surface area contributed by atoms with E-state index < -0.39 is 0 Å². The van der Waals surface area contributed by atoms with Gasteiger partial charge in [0.15, 0.2) is 5.76 Å². The first-order valence-electron chi connectivity index (χ1n) is 6.10. The second-order valence-corrected chi connectivity index (χ2v) is 4.98. The number of nitrogens with zero attached hydrogens (tertiary/aromatic N) is 1. The van der Waals surface area contributed by atoms with E-state index in [0.29, 0.717) is 17.3 Å². The largest absolute Gasteiger partial charge is 0.461 e. The third kappa shape index (κ3) is 3.46. The molecule has 0 aliphatic heterocycles. The molecule has 1 aromatic heterocycles. The summed E-state index contributed by atoms with van der Waals surface area (Å²) >= 11 is 5.98. The van der Waals surface area contributed by atoms with Crippen molar-refractivity contribution in [1.82, 2.24) is 4.90 Å². The molecule has 0 amide bonds. The minimum atomic E-state index is -0.0265. The van der Waals surface area contributed by atoms with Crippen molar-refractivity contribution in [3.63, 3.8) is 0 Å². The van der Waals surface area contributed by atoms with Gasteiger partial charge in [-0.25, -0.2) is 0 Å². The maximum atomic E-state index is 12.0. The Labute approximate surface area is 117 Å². The summed E-state index contributed by atoms with van der Waals surface area (Å²) in [6.45, 7) is 2.35. The fraction of sp³-hybridized carbons (Fsp3) is 0.267. The van der Waals surface area contributed by atoms with Crippen LogP contribution in [0.1, 0.15) is 29.1 Å². The van der Waals surface area contributed by atoms with E-state index in [1.165, 1.54) is 6.26 Å². The van der Waals surface area contributed by atoms with E-state index in [-0.39, 0.29) is 11.8 Å². The van der Waals surface area contributed by atoms with Crippen LogP contribution in [0.3, 0.4) is 0 Å². The molecule has 1 unspecified atom stereocenters. The van der Waals surface area contributed by atoms with Crippen molar-refractivity contribution in [3.05, 3.63) is 59.0 Å². The average molecular weight is 278 g/mol. The number of furan rings is 1. The summed E-state index contributed by atoms with van der Waals surface area (Å²) in [4.78, 5) is 13.9. The molecule has 0 radical (unpaired) electrons. The lowest BCUT2D eigenvalue weighted by molar-refractivity contribution is 0.0897. The van der Waals surface area contributed by atoms with Gasteiger partial charge < -0.3 is 4.42 Å². The summed E-state index contributed by atoms with van der Waals surface area (Å²) in [5.74, 6) is 0.367. The molecule has 4 heteroatoms. The van der Waals surface area contributed by atoms with E-state index in [9.17, 15) is 4.79 Å². The molecular formula is C15H16ClNO2. The Morgan fingerprint density at radius 1 is 1.37 bits per heavy atom. The molecule has 0 N–H and O–H groups in total. The summed E-state index contributed by atoms with van der Waals surface area (Å²) in [5, 5.41) is 0.704. The highest BCUT2D eigenvalue weighted by Crippen LogP contribution is 2.22. The normalized spacial score (nSPS) is 12.6. The van der Waals surface area contributed by atoms with Crippen LogP contribution in [0.15, 0.2) is 47.1 Å². The SMILES string of the molecule is CC(c1cccc(Cl)c1)N(C)CC(=O)c1ccco1. The molecule has 0 saturated heterocycles. The third-order valence-corrected chi connectivity index (χ3v) is 3.42. The van der Waals surface area contributed by atoms with Crippen LogP contribution in [0.2, 0.25) is 5.02 Å².